The van der Waals surface area contributed by atoms with Crippen LogP contribution < -0.4 is 0 Å². The maximum Gasteiger partial charge on any atom is 0.279 e. The fraction of sp³-hybridized carbons (Fsp3) is 0. The quantitative estimate of drug-likeness (QED) is 0.357. The Kier molecular flexibility index (Phi) is 5.69. The molecule has 0 aliphatic rings. The first kappa shape index (κ1) is 13.1. The maximum absolute atomic E-state index is 12.8. The predicted octanol–water partition coefficient (Wildman–Crippen LogP) is 1.67. The first-order valence-corrected chi connectivity index (χ1v) is 3.58. The van der Waals surface area contributed by atoms with Crippen LogP contribution in [0.4, 0.5) is 8.92 Å². The molecule has 0 aliphatic carbocycles. The Balaban J connectivity index is 0.00000196. The van der Waals surface area contributed by atoms with E-state index in [0.29, 0.717) is 0 Å². The summed E-state index contributed by atoms with van der Waals surface area (Å²) in [7, 11) is 0. The van der Waals surface area contributed by atoms with Crippen LogP contribution in [-0.4, -0.2) is 25.3 Å². The van der Waals surface area contributed by atoms with Crippen LogP contribution in [0.1, 0.15) is 5.56 Å². The molecule has 15 heavy (non-hydrogen) atoms. The molecule has 4 nitrogen and oxygen atoms in total. The monoisotopic (exact) mass is 211 g/mol. The molecular weight excluding hydrogens is 205 g/mol. The van der Waals surface area contributed by atoms with E-state index in [1.165, 1.54) is 12.1 Å². The van der Waals surface area contributed by atoms with Gasteiger partial charge in [-0.2, -0.15) is 9.43 Å². The highest BCUT2D eigenvalue weighted by molar-refractivity contribution is 6.44. The van der Waals surface area contributed by atoms with Gasteiger partial charge in [0, 0.05) is 18.5 Å². The first-order chi connectivity index (χ1) is 6.79. The Bertz CT molecular complexity index is 357. The molecule has 77 valence electrons. The number of benzene rings is 1. The molecule has 0 heterocycles. The number of oxime groups is 2. The minimum absolute atomic E-state index is 0. The zero-order valence-corrected chi connectivity index (χ0v) is 7.47. The molecule has 0 unspecified atom stereocenters. The molecular formula is C8H6BF2N2O2. The van der Waals surface area contributed by atoms with Crippen LogP contribution in [0.5, 0.6) is 0 Å². The van der Waals surface area contributed by atoms with Crippen molar-refractivity contribution >= 4 is 20.1 Å². The van der Waals surface area contributed by atoms with Crippen LogP contribution in [0.25, 0.3) is 0 Å². The highest BCUT2D eigenvalue weighted by Gasteiger charge is 2.12. The van der Waals surface area contributed by atoms with Gasteiger partial charge in [0.05, 0.1) is 0 Å². The van der Waals surface area contributed by atoms with E-state index in [4.69, 9.17) is 5.21 Å². The van der Waals surface area contributed by atoms with E-state index in [-0.39, 0.29) is 14.0 Å². The van der Waals surface area contributed by atoms with E-state index >= 15 is 0 Å². The molecule has 0 atom stereocenters. The van der Waals surface area contributed by atoms with Gasteiger partial charge in [-0.3, -0.25) is 0 Å². The highest BCUT2D eigenvalue weighted by Crippen LogP contribution is 2.04. The third-order valence-electron chi connectivity index (χ3n) is 1.46. The Hall–Kier alpha value is -1.92. The Labute approximate surface area is 86.3 Å². The summed E-state index contributed by atoms with van der Waals surface area (Å²) in [6.07, 6.45) is 0. The molecule has 0 saturated carbocycles. The van der Waals surface area contributed by atoms with Crippen molar-refractivity contribution in [2.75, 3.05) is 0 Å². The summed E-state index contributed by atoms with van der Waals surface area (Å²) in [5.41, 5.74) is -0.281. The lowest BCUT2D eigenvalue weighted by Crippen LogP contribution is -2.10. The Morgan fingerprint density at radius 3 is 2.33 bits per heavy atom. The average Bonchev–Trinajstić information content (AvgIpc) is 2.26. The number of halogens is 2. The van der Waals surface area contributed by atoms with Crippen LogP contribution in [0.3, 0.4) is 0 Å². The SMILES string of the molecule is ON=C(F)C(=NOF)c1ccccc1.[B]. The summed E-state index contributed by atoms with van der Waals surface area (Å²) in [4.78, 5) is 0. The zero-order chi connectivity index (χ0) is 10.4. The van der Waals surface area contributed by atoms with E-state index in [1.54, 1.807) is 18.2 Å². The molecule has 0 aliphatic heterocycles. The summed E-state index contributed by atoms with van der Waals surface area (Å²) in [5.74, 6) is -1.33. The molecule has 0 spiro atoms. The average molecular weight is 211 g/mol. The number of rotatable bonds is 3. The molecule has 0 amide bonds. The lowest BCUT2D eigenvalue weighted by Gasteiger charge is -1.98. The summed E-state index contributed by atoms with van der Waals surface area (Å²) < 4.78 is 24.2. The molecule has 0 aromatic heterocycles. The molecule has 1 aromatic rings. The van der Waals surface area contributed by atoms with E-state index < -0.39 is 11.7 Å². The second kappa shape index (κ2) is 6.53. The second-order valence-electron chi connectivity index (χ2n) is 2.27. The third-order valence-corrected chi connectivity index (χ3v) is 1.46. The van der Waals surface area contributed by atoms with E-state index in [2.05, 4.69) is 15.4 Å². The summed E-state index contributed by atoms with van der Waals surface area (Å²) in [6, 6.07) is 7.79. The van der Waals surface area contributed by atoms with Gasteiger partial charge in [-0.1, -0.05) is 35.5 Å². The van der Waals surface area contributed by atoms with E-state index in [1.807, 2.05) is 0 Å². The minimum atomic E-state index is -1.33. The molecule has 1 rings (SSSR count). The Morgan fingerprint density at radius 2 is 1.87 bits per heavy atom. The van der Waals surface area contributed by atoms with Crippen molar-refractivity contribution in [1.29, 1.82) is 0 Å². The lowest BCUT2D eigenvalue weighted by molar-refractivity contribution is -0.130. The number of hydrogen-bond acceptors (Lipinski definition) is 4. The molecule has 3 radical (unpaired) electrons. The zero-order valence-electron chi connectivity index (χ0n) is 7.47. The number of nitrogens with zero attached hydrogens (tertiary/aromatic N) is 2. The molecule has 1 aromatic carbocycles. The predicted molar refractivity (Wildman–Crippen MR) is 51.3 cm³/mol. The van der Waals surface area contributed by atoms with Crippen molar-refractivity contribution in [3.8, 4) is 0 Å². The van der Waals surface area contributed by atoms with Crippen molar-refractivity contribution in [1.82, 2.24) is 0 Å². The molecule has 1 N–H and O–H groups in total. The number of hydrogen-bond donors (Lipinski definition) is 1. The molecule has 7 heteroatoms. The van der Waals surface area contributed by atoms with E-state index in [0.717, 1.165) is 0 Å². The summed E-state index contributed by atoms with van der Waals surface area (Å²) >= 11 is 0. The molecule has 0 bridgehead atoms. The molecule has 0 saturated heterocycles. The van der Waals surface area contributed by atoms with E-state index in [9.17, 15) is 8.92 Å². The van der Waals surface area contributed by atoms with Crippen molar-refractivity contribution in [2.45, 2.75) is 0 Å². The van der Waals surface area contributed by atoms with Crippen molar-refractivity contribution < 1.29 is 19.2 Å². The van der Waals surface area contributed by atoms with Crippen molar-refractivity contribution in [2.24, 2.45) is 10.3 Å². The van der Waals surface area contributed by atoms with Crippen LogP contribution in [0, 0.1) is 0 Å². The highest BCUT2D eigenvalue weighted by atomic mass is 19.3. The molecule has 0 fully saturated rings. The standard InChI is InChI=1S/C8H6F2N2O2.B/c9-8(11-13)7(12-14-10)6-4-2-1-3-5-6;/h1-5,13H;. The Morgan fingerprint density at radius 1 is 1.27 bits per heavy atom. The van der Waals surface area contributed by atoms with Crippen LogP contribution in [-0.2, 0) is 5.04 Å². The van der Waals surface area contributed by atoms with Gasteiger partial charge in [-0.05, 0) is 5.16 Å². The van der Waals surface area contributed by atoms with Gasteiger partial charge < -0.3 is 5.21 Å². The third kappa shape index (κ3) is 3.37. The van der Waals surface area contributed by atoms with Crippen molar-refractivity contribution in [3.63, 3.8) is 0 Å². The summed E-state index contributed by atoms with van der Waals surface area (Å²) in [6.45, 7) is 0. The fourth-order valence-corrected chi connectivity index (χ4v) is 0.887. The first-order valence-electron chi connectivity index (χ1n) is 3.58. The van der Waals surface area contributed by atoms with Gasteiger partial charge in [0.2, 0.25) is 0 Å². The van der Waals surface area contributed by atoms with Crippen LogP contribution in [0.15, 0.2) is 40.6 Å². The van der Waals surface area contributed by atoms with Gasteiger partial charge >= 0.3 is 0 Å². The lowest BCUT2D eigenvalue weighted by atomic mass is 10.1. The largest absolute Gasteiger partial charge is 0.408 e. The van der Waals surface area contributed by atoms with Gasteiger partial charge in [0.15, 0.2) is 5.71 Å². The van der Waals surface area contributed by atoms with Crippen LogP contribution in [0.2, 0.25) is 0 Å². The van der Waals surface area contributed by atoms with Gasteiger partial charge in [0.1, 0.15) is 0 Å². The summed E-state index contributed by atoms with van der Waals surface area (Å²) in [5, 5.41) is 16.1. The van der Waals surface area contributed by atoms with Gasteiger partial charge in [0.25, 0.3) is 5.97 Å². The second-order valence-corrected chi connectivity index (χ2v) is 2.27. The van der Waals surface area contributed by atoms with Crippen molar-refractivity contribution in [3.05, 3.63) is 35.9 Å². The topological polar surface area (TPSA) is 54.2 Å². The smallest absolute Gasteiger partial charge is 0.279 e. The van der Waals surface area contributed by atoms with Crippen LogP contribution >= 0.6 is 0 Å². The maximum atomic E-state index is 12.8. The minimum Gasteiger partial charge on any atom is -0.408 e. The fourth-order valence-electron chi connectivity index (χ4n) is 0.887. The normalized spacial score (nSPS) is 11.9. The van der Waals surface area contributed by atoms with Gasteiger partial charge in [-0.15, -0.1) is 0 Å². The van der Waals surface area contributed by atoms with Gasteiger partial charge in [-0.25, -0.2) is 0 Å².